The normalized spacial score (nSPS) is 18.8. The Morgan fingerprint density at radius 2 is 1.43 bits per heavy atom. The molecular formula is C22H21F3O2S. The van der Waals surface area contributed by atoms with Crippen LogP contribution in [0.4, 0.5) is 13.2 Å². The predicted octanol–water partition coefficient (Wildman–Crippen LogP) is 5.90. The van der Waals surface area contributed by atoms with Crippen LogP contribution in [0.3, 0.4) is 0 Å². The van der Waals surface area contributed by atoms with Crippen molar-refractivity contribution in [2.75, 3.05) is 6.26 Å². The maximum atomic E-state index is 13.4. The van der Waals surface area contributed by atoms with Crippen LogP contribution in [0.5, 0.6) is 0 Å². The molecule has 2 aliphatic carbocycles. The van der Waals surface area contributed by atoms with Crippen LogP contribution in [0.25, 0.3) is 11.1 Å². The molecule has 0 amide bonds. The molecule has 28 heavy (non-hydrogen) atoms. The number of sulfone groups is 1. The third-order valence-corrected chi connectivity index (χ3v) is 7.08. The first-order chi connectivity index (χ1) is 13.0. The van der Waals surface area contributed by atoms with Crippen LogP contribution in [0.1, 0.15) is 47.9 Å². The van der Waals surface area contributed by atoms with E-state index >= 15 is 0 Å². The second kappa shape index (κ2) is 6.21. The summed E-state index contributed by atoms with van der Waals surface area (Å²) >= 11 is 0. The first-order valence-corrected chi connectivity index (χ1v) is 11.1. The fraction of sp³-hybridized carbons (Fsp3) is 0.364. The molecule has 0 aliphatic heterocycles. The van der Waals surface area contributed by atoms with E-state index in [2.05, 4.69) is 0 Å². The van der Waals surface area contributed by atoms with Crippen LogP contribution in [-0.4, -0.2) is 14.7 Å². The summed E-state index contributed by atoms with van der Waals surface area (Å²) in [5, 5.41) is 0. The second-order valence-corrected chi connectivity index (χ2v) is 10.2. The van der Waals surface area contributed by atoms with E-state index in [0.29, 0.717) is 5.56 Å². The van der Waals surface area contributed by atoms with Crippen molar-refractivity contribution in [3.8, 4) is 0 Å². The standard InChI is InChI=1S/C22H21F3O2S/c1-14-3-4-16(11-20(14)22(23,24)25)19-13-21(9-10-21)12-18(19)15-5-7-17(8-6-15)28(2,26)27/h3-8,11H,9-10,12-13H2,1-2H3. The smallest absolute Gasteiger partial charge is 0.224 e. The van der Waals surface area contributed by atoms with Gasteiger partial charge in [-0.15, -0.1) is 0 Å². The Balaban J connectivity index is 1.81. The molecule has 1 spiro atoms. The zero-order chi connectivity index (χ0) is 20.3. The van der Waals surface area contributed by atoms with Crippen LogP contribution < -0.4 is 0 Å². The highest BCUT2D eigenvalue weighted by atomic mass is 32.2. The minimum Gasteiger partial charge on any atom is -0.224 e. The lowest BCUT2D eigenvalue weighted by Crippen LogP contribution is -2.08. The van der Waals surface area contributed by atoms with Gasteiger partial charge in [-0.1, -0.05) is 24.3 Å². The average Bonchev–Trinajstić information content (AvgIpc) is 3.25. The van der Waals surface area contributed by atoms with Crippen LogP contribution in [-0.2, 0) is 16.0 Å². The lowest BCUT2D eigenvalue weighted by atomic mass is 9.94. The number of alkyl halides is 3. The SMILES string of the molecule is Cc1ccc(C2=C(c3ccc(S(C)(=O)=O)cc3)CC3(CC3)C2)cc1C(F)(F)F. The largest absolute Gasteiger partial charge is 0.416 e. The summed E-state index contributed by atoms with van der Waals surface area (Å²) < 4.78 is 63.6. The molecular weight excluding hydrogens is 385 g/mol. The highest BCUT2D eigenvalue weighted by Gasteiger charge is 2.48. The van der Waals surface area contributed by atoms with E-state index in [1.54, 1.807) is 30.3 Å². The van der Waals surface area contributed by atoms with Crippen molar-refractivity contribution >= 4 is 21.0 Å². The zero-order valence-electron chi connectivity index (χ0n) is 15.7. The Labute approximate surface area is 163 Å². The number of rotatable bonds is 3. The molecule has 6 heteroatoms. The maximum absolute atomic E-state index is 13.4. The first-order valence-electron chi connectivity index (χ1n) is 9.19. The van der Waals surface area contributed by atoms with Gasteiger partial charge in [0, 0.05) is 6.26 Å². The van der Waals surface area contributed by atoms with Crippen molar-refractivity contribution in [2.24, 2.45) is 5.41 Å². The van der Waals surface area contributed by atoms with Gasteiger partial charge >= 0.3 is 6.18 Å². The van der Waals surface area contributed by atoms with Gasteiger partial charge in [0.25, 0.3) is 0 Å². The summed E-state index contributed by atoms with van der Waals surface area (Å²) in [6.45, 7) is 1.48. The van der Waals surface area contributed by atoms with Crippen molar-refractivity contribution in [3.63, 3.8) is 0 Å². The summed E-state index contributed by atoms with van der Waals surface area (Å²) in [7, 11) is -3.29. The summed E-state index contributed by atoms with van der Waals surface area (Å²) in [5.41, 5.74) is 3.29. The number of aryl methyl sites for hydroxylation is 1. The van der Waals surface area contributed by atoms with Gasteiger partial charge in [-0.05, 0) is 84.1 Å². The van der Waals surface area contributed by atoms with E-state index in [1.807, 2.05) is 0 Å². The predicted molar refractivity (Wildman–Crippen MR) is 103 cm³/mol. The van der Waals surface area contributed by atoms with Gasteiger partial charge in [-0.25, -0.2) is 8.42 Å². The van der Waals surface area contributed by atoms with E-state index in [-0.39, 0.29) is 15.9 Å². The molecule has 2 nitrogen and oxygen atoms in total. The first kappa shape index (κ1) is 19.2. The van der Waals surface area contributed by atoms with Gasteiger partial charge in [0.05, 0.1) is 10.5 Å². The number of halogens is 3. The minimum atomic E-state index is -4.38. The molecule has 0 unspecified atom stereocenters. The fourth-order valence-corrected chi connectivity index (χ4v) is 4.76. The van der Waals surface area contributed by atoms with E-state index in [1.165, 1.54) is 19.1 Å². The number of benzene rings is 2. The molecule has 148 valence electrons. The van der Waals surface area contributed by atoms with Gasteiger partial charge in [0.2, 0.25) is 0 Å². The molecule has 0 heterocycles. The topological polar surface area (TPSA) is 34.1 Å². The van der Waals surface area contributed by atoms with Crippen molar-refractivity contribution in [1.29, 1.82) is 0 Å². The number of allylic oxidation sites excluding steroid dienone is 2. The molecule has 1 fully saturated rings. The molecule has 0 aromatic heterocycles. The van der Waals surface area contributed by atoms with Gasteiger partial charge < -0.3 is 0 Å². The Hall–Kier alpha value is -2.08. The molecule has 4 rings (SSSR count). The summed E-state index contributed by atoms with van der Waals surface area (Å²) in [4.78, 5) is 0.243. The van der Waals surface area contributed by atoms with Crippen LogP contribution in [0, 0.1) is 12.3 Å². The molecule has 1 saturated carbocycles. The second-order valence-electron chi connectivity index (χ2n) is 8.13. The fourth-order valence-electron chi connectivity index (χ4n) is 4.13. The molecule has 0 saturated heterocycles. The Bertz CT molecular complexity index is 1070. The molecule has 2 aromatic carbocycles. The van der Waals surface area contributed by atoms with Crippen molar-refractivity contribution in [3.05, 3.63) is 64.7 Å². The van der Waals surface area contributed by atoms with Gasteiger partial charge in [0.1, 0.15) is 0 Å². The van der Waals surface area contributed by atoms with Gasteiger partial charge in [-0.3, -0.25) is 0 Å². The number of hydrogen-bond acceptors (Lipinski definition) is 2. The zero-order valence-corrected chi connectivity index (χ0v) is 16.5. The van der Waals surface area contributed by atoms with E-state index in [4.69, 9.17) is 0 Å². The Morgan fingerprint density at radius 1 is 0.893 bits per heavy atom. The lowest BCUT2D eigenvalue weighted by Gasteiger charge is -2.14. The maximum Gasteiger partial charge on any atom is 0.416 e. The molecule has 0 bridgehead atoms. The van der Waals surface area contributed by atoms with E-state index in [0.717, 1.165) is 48.6 Å². The average molecular weight is 406 g/mol. The quantitative estimate of drug-likeness (QED) is 0.636. The van der Waals surface area contributed by atoms with E-state index < -0.39 is 21.6 Å². The van der Waals surface area contributed by atoms with E-state index in [9.17, 15) is 21.6 Å². The number of hydrogen-bond donors (Lipinski definition) is 0. The summed E-state index contributed by atoms with van der Waals surface area (Å²) in [6.07, 6.45) is 0.547. The monoisotopic (exact) mass is 406 g/mol. The van der Waals surface area contributed by atoms with Crippen molar-refractivity contribution in [2.45, 2.75) is 43.7 Å². The molecule has 0 atom stereocenters. The van der Waals surface area contributed by atoms with Gasteiger partial charge in [0.15, 0.2) is 9.84 Å². The minimum absolute atomic E-state index is 0.170. The van der Waals surface area contributed by atoms with Crippen molar-refractivity contribution < 1.29 is 21.6 Å². The lowest BCUT2D eigenvalue weighted by molar-refractivity contribution is -0.138. The molecule has 2 aliphatic rings. The highest BCUT2D eigenvalue weighted by Crippen LogP contribution is 2.63. The van der Waals surface area contributed by atoms with Crippen LogP contribution in [0.15, 0.2) is 47.4 Å². The summed E-state index contributed by atoms with van der Waals surface area (Å²) in [5.74, 6) is 0. The summed E-state index contributed by atoms with van der Waals surface area (Å²) in [6, 6.07) is 11.3. The van der Waals surface area contributed by atoms with Crippen molar-refractivity contribution in [1.82, 2.24) is 0 Å². The van der Waals surface area contributed by atoms with Crippen LogP contribution >= 0.6 is 0 Å². The molecule has 0 N–H and O–H groups in total. The Morgan fingerprint density at radius 3 is 1.93 bits per heavy atom. The Kier molecular flexibility index (Phi) is 4.27. The van der Waals surface area contributed by atoms with Gasteiger partial charge in [-0.2, -0.15) is 13.2 Å². The van der Waals surface area contributed by atoms with Crippen LogP contribution in [0.2, 0.25) is 0 Å². The third-order valence-electron chi connectivity index (χ3n) is 5.95. The third kappa shape index (κ3) is 3.50. The highest BCUT2D eigenvalue weighted by molar-refractivity contribution is 7.90. The molecule has 2 aromatic rings. The molecule has 0 radical (unpaired) electrons.